The average molecular weight is 351 g/mol. The molecule has 124 valence electrons. The molecule has 3 rings (SSSR count). The summed E-state index contributed by atoms with van der Waals surface area (Å²) in [7, 11) is 1.53. The number of phenols is 1. The van der Waals surface area contributed by atoms with Crippen molar-refractivity contribution in [3.63, 3.8) is 0 Å². The van der Waals surface area contributed by atoms with E-state index in [1.54, 1.807) is 6.20 Å². The number of aromatic nitrogens is 3. The fourth-order valence-electron chi connectivity index (χ4n) is 2.39. The number of hydrogen-bond acceptors (Lipinski definition) is 6. The Bertz CT molecular complexity index is 997. The van der Waals surface area contributed by atoms with Gasteiger partial charge in [-0.15, -0.1) is 0 Å². The van der Waals surface area contributed by atoms with Crippen LogP contribution in [0, 0.1) is 0 Å². The van der Waals surface area contributed by atoms with Gasteiger partial charge in [-0.2, -0.15) is 0 Å². The summed E-state index contributed by atoms with van der Waals surface area (Å²) in [6.07, 6.45) is 4.03. The van der Waals surface area contributed by atoms with Gasteiger partial charge in [-0.25, -0.2) is 9.78 Å². The van der Waals surface area contributed by atoms with Crippen molar-refractivity contribution in [3.8, 4) is 17.2 Å². The lowest BCUT2D eigenvalue weighted by Crippen LogP contribution is -2.20. The quantitative estimate of drug-likeness (QED) is 0.616. The molecule has 3 aromatic rings. The van der Waals surface area contributed by atoms with Gasteiger partial charge in [-0.3, -0.25) is 9.47 Å². The fraction of sp³-hybridized carbons (Fsp3) is 0.0714. The molecule has 2 aromatic heterocycles. The van der Waals surface area contributed by atoms with Gasteiger partial charge in [0.05, 0.1) is 22.9 Å². The Morgan fingerprint density at radius 3 is 2.79 bits per heavy atom. The Balaban J connectivity index is 2.41. The highest BCUT2D eigenvalue weighted by Gasteiger charge is 2.20. The summed E-state index contributed by atoms with van der Waals surface area (Å²) >= 11 is 6.19. The molecule has 9 nitrogen and oxygen atoms in total. The predicted molar refractivity (Wildman–Crippen MR) is 85.9 cm³/mol. The van der Waals surface area contributed by atoms with Gasteiger partial charge in [0.25, 0.3) is 0 Å². The average Bonchev–Trinajstić information content (AvgIpc) is 3.04. The van der Waals surface area contributed by atoms with Gasteiger partial charge < -0.3 is 24.9 Å². The predicted octanol–water partition coefficient (Wildman–Crippen LogP) is 1.78. The number of nitrogens with one attached hydrogen (secondary N) is 1. The van der Waals surface area contributed by atoms with Crippen LogP contribution in [0.5, 0.6) is 11.5 Å². The normalized spacial score (nSPS) is 10.8. The third kappa shape index (κ3) is 2.40. The first-order chi connectivity index (χ1) is 11.4. The molecule has 0 amide bonds. The van der Waals surface area contributed by atoms with Crippen LogP contribution < -0.4 is 15.6 Å². The van der Waals surface area contributed by atoms with Gasteiger partial charge >= 0.3 is 6.16 Å². The van der Waals surface area contributed by atoms with E-state index in [-0.39, 0.29) is 27.4 Å². The van der Waals surface area contributed by atoms with Gasteiger partial charge in [-0.1, -0.05) is 11.6 Å². The minimum Gasteiger partial charge on any atom is -0.504 e. The second kappa shape index (κ2) is 5.78. The number of hydrogen-bond donors (Lipinski definition) is 3. The molecule has 0 fully saturated rings. The molecule has 0 saturated heterocycles. The molecular weight excluding hydrogens is 340 g/mol. The number of imidazole rings is 1. The van der Waals surface area contributed by atoms with Crippen LogP contribution in [0.25, 0.3) is 16.6 Å². The number of rotatable bonds is 3. The van der Waals surface area contributed by atoms with Crippen LogP contribution in [-0.2, 0) is 0 Å². The highest BCUT2D eigenvalue weighted by Crippen LogP contribution is 2.36. The lowest BCUT2D eigenvalue weighted by molar-refractivity contribution is 0.144. The van der Waals surface area contributed by atoms with Crippen LogP contribution in [0.3, 0.4) is 0 Å². The van der Waals surface area contributed by atoms with Gasteiger partial charge in [0.15, 0.2) is 5.75 Å². The molecule has 0 atom stereocenters. The smallest absolute Gasteiger partial charge is 0.504 e. The van der Waals surface area contributed by atoms with E-state index in [9.17, 15) is 14.7 Å². The Morgan fingerprint density at radius 2 is 2.21 bits per heavy atom. The number of aromatic hydroxyl groups is 1. The highest BCUT2D eigenvalue weighted by atomic mass is 35.5. The van der Waals surface area contributed by atoms with Crippen LogP contribution in [0.15, 0.2) is 35.8 Å². The van der Waals surface area contributed by atoms with Crippen LogP contribution >= 0.6 is 11.6 Å². The third-order valence-corrected chi connectivity index (χ3v) is 3.65. The number of nitrogens with zero attached hydrogens (tertiary/aromatic N) is 3. The number of halogens is 1. The Labute approximate surface area is 139 Å². The third-order valence-electron chi connectivity index (χ3n) is 3.36. The summed E-state index contributed by atoms with van der Waals surface area (Å²) in [6, 6.07) is 1.33. The summed E-state index contributed by atoms with van der Waals surface area (Å²) in [5.41, 5.74) is 2.36. The Morgan fingerprint density at radius 1 is 1.46 bits per heavy atom. The zero-order valence-corrected chi connectivity index (χ0v) is 13.0. The van der Waals surface area contributed by atoms with Crippen LogP contribution in [-0.4, -0.2) is 37.6 Å². The van der Waals surface area contributed by atoms with Crippen LogP contribution in [0.2, 0.25) is 5.02 Å². The standard InChI is InChI=1S/C14H11ClN4O5/c1-16-19-5-9(24-14(22)23)12(20)7-4-8(15)11(13(21)10(7)19)18-3-2-17-6-18/h2-6,16,21H,1H3,(H,22,23). The minimum absolute atomic E-state index is 0.00512. The number of benzene rings is 1. The molecule has 1 aromatic carbocycles. The first kappa shape index (κ1) is 15.7. The Kier molecular flexibility index (Phi) is 3.78. The number of fused-ring (bicyclic) bond motifs is 1. The summed E-state index contributed by atoms with van der Waals surface area (Å²) < 4.78 is 7.24. The van der Waals surface area contributed by atoms with Gasteiger partial charge in [-0.05, 0) is 6.07 Å². The molecule has 0 saturated carbocycles. The number of pyridine rings is 1. The molecule has 0 unspecified atom stereocenters. The molecule has 0 bridgehead atoms. The largest absolute Gasteiger partial charge is 0.511 e. The monoisotopic (exact) mass is 350 g/mol. The van der Waals surface area contributed by atoms with E-state index < -0.39 is 17.3 Å². The van der Waals surface area contributed by atoms with Gasteiger partial charge in [0.2, 0.25) is 11.2 Å². The van der Waals surface area contributed by atoms with Crippen LogP contribution in [0.1, 0.15) is 0 Å². The first-order valence-electron chi connectivity index (χ1n) is 6.61. The van der Waals surface area contributed by atoms with Crippen molar-refractivity contribution in [3.05, 3.63) is 46.2 Å². The second-order valence-corrected chi connectivity index (χ2v) is 5.11. The van der Waals surface area contributed by atoms with Gasteiger partial charge in [0, 0.05) is 19.4 Å². The van der Waals surface area contributed by atoms with Crippen molar-refractivity contribution in [1.82, 2.24) is 14.2 Å². The zero-order valence-electron chi connectivity index (χ0n) is 12.2. The molecule has 3 N–H and O–H groups in total. The highest BCUT2D eigenvalue weighted by molar-refractivity contribution is 6.33. The first-order valence-corrected chi connectivity index (χ1v) is 6.99. The molecule has 24 heavy (non-hydrogen) atoms. The van der Waals surface area contributed by atoms with E-state index in [1.165, 1.54) is 34.9 Å². The SMILES string of the molecule is CNn1cc(OC(=O)O)c(=O)c2cc(Cl)c(-n3ccnc3)c(O)c21. The molecule has 2 heterocycles. The topological polar surface area (TPSA) is 119 Å². The fourth-order valence-corrected chi connectivity index (χ4v) is 2.68. The van der Waals surface area contributed by atoms with Crippen LogP contribution in [0.4, 0.5) is 4.79 Å². The van der Waals surface area contributed by atoms with Crippen molar-refractivity contribution in [2.45, 2.75) is 0 Å². The zero-order chi connectivity index (χ0) is 17.4. The maximum Gasteiger partial charge on any atom is 0.511 e. The van der Waals surface area contributed by atoms with Crippen molar-refractivity contribution >= 4 is 28.7 Å². The Hall–Kier alpha value is -3.20. The number of ether oxygens (including phenoxy) is 1. The van der Waals surface area contributed by atoms with Crippen molar-refractivity contribution in [2.24, 2.45) is 0 Å². The van der Waals surface area contributed by atoms with Crippen molar-refractivity contribution in [1.29, 1.82) is 0 Å². The van der Waals surface area contributed by atoms with E-state index in [0.717, 1.165) is 6.20 Å². The second-order valence-electron chi connectivity index (χ2n) is 4.71. The summed E-state index contributed by atoms with van der Waals surface area (Å²) in [5, 5.41) is 19.4. The maximum atomic E-state index is 12.4. The summed E-state index contributed by atoms with van der Waals surface area (Å²) in [5.74, 6) is -0.695. The lowest BCUT2D eigenvalue weighted by atomic mass is 10.1. The van der Waals surface area contributed by atoms with E-state index in [1.807, 2.05) is 0 Å². The van der Waals surface area contributed by atoms with Crippen molar-refractivity contribution in [2.75, 3.05) is 12.5 Å². The van der Waals surface area contributed by atoms with Gasteiger partial charge in [0.1, 0.15) is 11.2 Å². The van der Waals surface area contributed by atoms with E-state index in [4.69, 9.17) is 16.7 Å². The number of carboxylic acid groups (broad SMARTS) is 1. The number of phenolic OH excluding ortho intramolecular Hbond substituents is 1. The summed E-state index contributed by atoms with van der Waals surface area (Å²) in [4.78, 5) is 27.0. The molecule has 0 aliphatic heterocycles. The molecule has 0 aliphatic carbocycles. The summed E-state index contributed by atoms with van der Waals surface area (Å²) in [6.45, 7) is 0. The minimum atomic E-state index is -1.63. The number of carbonyl (C=O) groups is 1. The maximum absolute atomic E-state index is 12.4. The molecular formula is C14H11ClN4O5. The van der Waals surface area contributed by atoms with E-state index >= 15 is 0 Å². The lowest BCUT2D eigenvalue weighted by Gasteiger charge is -2.16. The van der Waals surface area contributed by atoms with E-state index in [2.05, 4.69) is 15.1 Å². The van der Waals surface area contributed by atoms with Crippen molar-refractivity contribution < 1.29 is 19.7 Å². The molecule has 0 radical (unpaired) electrons. The molecule has 0 spiro atoms. The molecule has 0 aliphatic rings. The molecule has 10 heteroatoms. The van der Waals surface area contributed by atoms with E-state index in [0.29, 0.717) is 0 Å².